The molecule has 3 rings (SSSR count). The van der Waals surface area contributed by atoms with Crippen molar-refractivity contribution < 1.29 is 14.1 Å². The van der Waals surface area contributed by atoms with E-state index >= 15 is 0 Å². The minimum Gasteiger partial charge on any atom is -0.399 e. The number of rotatable bonds is 1. The van der Waals surface area contributed by atoms with Crippen molar-refractivity contribution in [2.24, 2.45) is 5.73 Å². The first-order chi connectivity index (χ1) is 9.21. The third-order valence-electron chi connectivity index (χ3n) is 4.48. The van der Waals surface area contributed by atoms with E-state index in [4.69, 9.17) is 15.0 Å². The van der Waals surface area contributed by atoms with Gasteiger partial charge in [-0.3, -0.25) is 4.79 Å². The third kappa shape index (κ3) is 1.87. The molecular weight excluding hydrogens is 255 g/mol. The molecule has 2 aliphatic heterocycles. The number of benzene rings is 1. The molecule has 1 fully saturated rings. The maximum Gasteiger partial charge on any atom is 0.494 e. The zero-order valence-electron chi connectivity index (χ0n) is 12.2. The van der Waals surface area contributed by atoms with Gasteiger partial charge in [-0.05, 0) is 39.2 Å². The molecule has 1 saturated heterocycles. The second-order valence-electron chi connectivity index (χ2n) is 6.40. The van der Waals surface area contributed by atoms with Crippen molar-refractivity contribution in [3.05, 3.63) is 23.8 Å². The minimum atomic E-state index is -0.586. The maximum atomic E-state index is 11.6. The van der Waals surface area contributed by atoms with E-state index in [0.29, 0.717) is 0 Å². The van der Waals surface area contributed by atoms with Crippen LogP contribution in [-0.4, -0.2) is 24.2 Å². The Bertz CT molecular complexity index is 570. The smallest absolute Gasteiger partial charge is 0.399 e. The van der Waals surface area contributed by atoms with Crippen LogP contribution in [0.1, 0.15) is 39.3 Å². The fourth-order valence-electron chi connectivity index (χ4n) is 2.43. The minimum absolute atomic E-state index is 0.175. The van der Waals surface area contributed by atoms with Crippen LogP contribution in [0.4, 0.5) is 5.69 Å². The highest BCUT2D eigenvalue weighted by atomic mass is 16.7. The molecule has 3 N–H and O–H groups in total. The number of nitrogens with one attached hydrogen (secondary N) is 1. The van der Waals surface area contributed by atoms with Crippen LogP contribution in [0.3, 0.4) is 0 Å². The molecule has 0 spiro atoms. The molecule has 0 aromatic heterocycles. The van der Waals surface area contributed by atoms with Crippen LogP contribution < -0.4 is 16.5 Å². The van der Waals surface area contributed by atoms with Gasteiger partial charge in [0.2, 0.25) is 5.91 Å². The number of anilines is 1. The zero-order valence-corrected chi connectivity index (χ0v) is 12.2. The molecule has 5 nitrogen and oxygen atoms in total. The summed E-state index contributed by atoms with van der Waals surface area (Å²) in [6, 6.07) is 5.05. The molecule has 1 aromatic rings. The lowest BCUT2D eigenvalue weighted by Gasteiger charge is -2.32. The van der Waals surface area contributed by atoms with E-state index in [1.165, 1.54) is 0 Å². The SMILES string of the molecule is CC1(C)OB(c2ccc3c(c2)NC(=O)C3N)OC1(C)C. The molecule has 6 heteroatoms. The molecule has 1 amide bonds. The highest BCUT2D eigenvalue weighted by molar-refractivity contribution is 6.62. The highest BCUT2D eigenvalue weighted by Crippen LogP contribution is 2.37. The average Bonchev–Trinajstić information content (AvgIpc) is 2.74. The lowest BCUT2D eigenvalue weighted by atomic mass is 9.78. The summed E-state index contributed by atoms with van der Waals surface area (Å²) in [6.07, 6.45) is 0. The summed E-state index contributed by atoms with van der Waals surface area (Å²) in [4.78, 5) is 11.6. The summed E-state index contributed by atoms with van der Waals surface area (Å²) in [6.45, 7) is 8.05. The number of hydrogen-bond donors (Lipinski definition) is 2. The summed E-state index contributed by atoms with van der Waals surface area (Å²) in [5, 5.41) is 2.78. The van der Waals surface area contributed by atoms with E-state index in [1.807, 2.05) is 45.9 Å². The number of hydrogen-bond acceptors (Lipinski definition) is 4. The Kier molecular flexibility index (Phi) is 2.77. The van der Waals surface area contributed by atoms with Gasteiger partial charge in [0.1, 0.15) is 6.04 Å². The molecule has 0 saturated carbocycles. The van der Waals surface area contributed by atoms with Crippen LogP contribution >= 0.6 is 0 Å². The van der Waals surface area contributed by atoms with E-state index in [-0.39, 0.29) is 17.1 Å². The summed E-state index contributed by atoms with van der Waals surface area (Å²) in [7, 11) is -0.431. The molecule has 2 aliphatic rings. The topological polar surface area (TPSA) is 73.6 Å². The van der Waals surface area contributed by atoms with E-state index in [2.05, 4.69) is 5.32 Å². The molecular formula is C14H19BN2O3. The normalized spacial score (nSPS) is 26.6. The number of amides is 1. The Morgan fingerprint density at radius 3 is 2.40 bits per heavy atom. The third-order valence-corrected chi connectivity index (χ3v) is 4.48. The molecule has 1 atom stereocenters. The van der Waals surface area contributed by atoms with Crippen LogP contribution in [0.25, 0.3) is 0 Å². The van der Waals surface area contributed by atoms with Crippen LogP contribution in [-0.2, 0) is 14.1 Å². The van der Waals surface area contributed by atoms with E-state index in [9.17, 15) is 4.79 Å². The van der Waals surface area contributed by atoms with Gasteiger partial charge in [-0.15, -0.1) is 0 Å². The first-order valence-corrected chi connectivity index (χ1v) is 6.77. The summed E-state index contributed by atoms with van der Waals surface area (Å²) < 4.78 is 12.0. The van der Waals surface area contributed by atoms with Crippen molar-refractivity contribution in [3.63, 3.8) is 0 Å². The van der Waals surface area contributed by atoms with Crippen LogP contribution in [0, 0.1) is 0 Å². The Morgan fingerprint density at radius 1 is 1.20 bits per heavy atom. The van der Waals surface area contributed by atoms with Crippen molar-refractivity contribution in [1.82, 2.24) is 0 Å². The lowest BCUT2D eigenvalue weighted by molar-refractivity contribution is -0.116. The second-order valence-corrected chi connectivity index (χ2v) is 6.40. The fraction of sp³-hybridized carbons (Fsp3) is 0.500. The Labute approximate surface area is 119 Å². The predicted octanol–water partition coefficient (Wildman–Crippen LogP) is 0.938. The van der Waals surface area contributed by atoms with E-state index in [1.54, 1.807) is 0 Å². The van der Waals surface area contributed by atoms with Gasteiger partial charge in [-0.25, -0.2) is 0 Å². The number of carbonyl (C=O) groups is 1. The quantitative estimate of drug-likeness (QED) is 0.747. The number of fused-ring (bicyclic) bond motifs is 1. The first kappa shape index (κ1) is 13.6. The van der Waals surface area contributed by atoms with Gasteiger partial charge in [0.15, 0.2) is 0 Å². The second kappa shape index (κ2) is 4.07. The number of nitrogens with two attached hydrogens (primary N) is 1. The van der Waals surface area contributed by atoms with E-state index in [0.717, 1.165) is 16.7 Å². The van der Waals surface area contributed by atoms with Crippen LogP contribution in [0.2, 0.25) is 0 Å². The predicted molar refractivity (Wildman–Crippen MR) is 77.7 cm³/mol. The lowest BCUT2D eigenvalue weighted by Crippen LogP contribution is -2.41. The average molecular weight is 274 g/mol. The molecule has 1 aromatic carbocycles. The van der Waals surface area contributed by atoms with Crippen LogP contribution in [0.5, 0.6) is 0 Å². The number of carbonyl (C=O) groups excluding carboxylic acids is 1. The molecule has 20 heavy (non-hydrogen) atoms. The summed E-state index contributed by atoms with van der Waals surface area (Å²) in [5.41, 5.74) is 7.49. The maximum absolute atomic E-state index is 11.6. The van der Waals surface area contributed by atoms with Gasteiger partial charge in [0.05, 0.1) is 11.2 Å². The first-order valence-electron chi connectivity index (χ1n) is 6.77. The van der Waals surface area contributed by atoms with Crippen molar-refractivity contribution in [2.45, 2.75) is 44.9 Å². The van der Waals surface area contributed by atoms with E-state index < -0.39 is 13.2 Å². The standard InChI is InChI=1S/C14H19BN2O3/c1-13(2)14(3,4)20-15(19-13)8-5-6-9-10(7-8)17-12(18)11(9)16/h5-7,11H,16H2,1-4H3,(H,17,18). The van der Waals surface area contributed by atoms with Gasteiger partial charge < -0.3 is 20.4 Å². The largest absolute Gasteiger partial charge is 0.494 e. The monoisotopic (exact) mass is 274 g/mol. The van der Waals surface area contributed by atoms with Gasteiger partial charge in [0.25, 0.3) is 0 Å². The zero-order chi connectivity index (χ0) is 14.7. The van der Waals surface area contributed by atoms with Gasteiger partial charge in [-0.1, -0.05) is 12.1 Å². The fourth-order valence-corrected chi connectivity index (χ4v) is 2.43. The molecule has 0 radical (unpaired) electrons. The van der Waals surface area contributed by atoms with Gasteiger partial charge in [0, 0.05) is 11.3 Å². The molecule has 0 aliphatic carbocycles. The molecule has 2 heterocycles. The van der Waals surface area contributed by atoms with Gasteiger partial charge >= 0.3 is 7.12 Å². The van der Waals surface area contributed by atoms with Crippen molar-refractivity contribution >= 4 is 24.2 Å². The molecule has 106 valence electrons. The van der Waals surface area contributed by atoms with Crippen LogP contribution in [0.15, 0.2) is 18.2 Å². The Hall–Kier alpha value is -1.37. The Balaban J connectivity index is 1.91. The van der Waals surface area contributed by atoms with Crippen molar-refractivity contribution in [1.29, 1.82) is 0 Å². The Morgan fingerprint density at radius 2 is 1.80 bits per heavy atom. The molecule has 1 unspecified atom stereocenters. The highest BCUT2D eigenvalue weighted by Gasteiger charge is 2.51. The van der Waals surface area contributed by atoms with Gasteiger partial charge in [-0.2, -0.15) is 0 Å². The summed E-state index contributed by atoms with van der Waals surface area (Å²) >= 11 is 0. The molecule has 0 bridgehead atoms. The summed E-state index contributed by atoms with van der Waals surface area (Å²) in [5.74, 6) is -0.175. The van der Waals surface area contributed by atoms with Crippen molar-refractivity contribution in [3.8, 4) is 0 Å². The van der Waals surface area contributed by atoms with Crippen molar-refractivity contribution in [2.75, 3.05) is 5.32 Å².